The molecule has 2 unspecified atom stereocenters. The second-order valence-electron chi connectivity index (χ2n) is 8.81. The largest absolute Gasteiger partial charge is 0.382 e. The molecule has 0 saturated carbocycles. The molecule has 1 saturated heterocycles. The smallest absolute Gasteiger partial charge is 0.255 e. The fourth-order valence-corrected chi connectivity index (χ4v) is 4.97. The first kappa shape index (κ1) is 21.2. The minimum atomic E-state index is -0.696. The van der Waals surface area contributed by atoms with E-state index in [1.54, 1.807) is 18.2 Å². The van der Waals surface area contributed by atoms with Crippen LogP contribution in [0.25, 0.3) is 0 Å². The van der Waals surface area contributed by atoms with Gasteiger partial charge < -0.3 is 15.5 Å². The highest BCUT2D eigenvalue weighted by atomic mass is 16.2. The van der Waals surface area contributed by atoms with Crippen molar-refractivity contribution in [2.45, 2.75) is 50.7 Å². The number of para-hydroxylation sites is 1. The molecule has 2 atom stereocenters. The number of imide groups is 1. The summed E-state index contributed by atoms with van der Waals surface area (Å²) < 4.78 is 0. The Morgan fingerprint density at radius 3 is 2.73 bits per heavy atom. The van der Waals surface area contributed by atoms with Gasteiger partial charge in [-0.1, -0.05) is 24.3 Å². The number of carbonyl (C=O) groups excluding carboxylic acids is 4. The molecule has 3 aliphatic heterocycles. The Balaban J connectivity index is 1.22. The summed E-state index contributed by atoms with van der Waals surface area (Å²) in [5.74, 6) is -1.28. The monoisotopic (exact) mass is 446 g/mol. The topological polar surface area (TPSA) is 108 Å². The molecule has 2 aromatic carbocycles. The third-order valence-electron chi connectivity index (χ3n) is 6.74. The van der Waals surface area contributed by atoms with Crippen molar-refractivity contribution in [1.82, 2.24) is 15.5 Å². The van der Waals surface area contributed by atoms with Gasteiger partial charge in [0.1, 0.15) is 6.04 Å². The third kappa shape index (κ3) is 4.08. The van der Waals surface area contributed by atoms with Gasteiger partial charge in [0.2, 0.25) is 11.8 Å². The molecule has 0 spiro atoms. The van der Waals surface area contributed by atoms with Crippen molar-refractivity contribution < 1.29 is 19.2 Å². The van der Waals surface area contributed by atoms with Gasteiger partial charge in [0.15, 0.2) is 0 Å². The summed E-state index contributed by atoms with van der Waals surface area (Å²) in [6, 6.07) is 13.0. The molecule has 8 heteroatoms. The van der Waals surface area contributed by atoms with E-state index >= 15 is 0 Å². The number of rotatable bonds is 5. The number of nitrogens with zero attached hydrogens (tertiary/aromatic N) is 1. The molecule has 1 fully saturated rings. The number of hydrogen-bond donors (Lipinski definition) is 3. The SMILES string of the molecule is O=C1CCC(N2Cc3c(C(=O)NCCC4CCc5ccccc5N4)cccc3C2=O)C(=O)N1. The Morgan fingerprint density at radius 1 is 1.03 bits per heavy atom. The molecule has 0 bridgehead atoms. The highest BCUT2D eigenvalue weighted by Crippen LogP contribution is 2.30. The average molecular weight is 447 g/mol. The maximum Gasteiger partial charge on any atom is 0.255 e. The normalized spacial score (nSPS) is 21.7. The average Bonchev–Trinajstić information content (AvgIpc) is 3.15. The van der Waals surface area contributed by atoms with Gasteiger partial charge in [-0.3, -0.25) is 24.5 Å². The van der Waals surface area contributed by atoms with Gasteiger partial charge in [0, 0.05) is 42.4 Å². The molecule has 8 nitrogen and oxygen atoms in total. The first-order valence-electron chi connectivity index (χ1n) is 11.4. The molecular formula is C25H26N4O4. The number of hydrogen-bond acceptors (Lipinski definition) is 5. The summed E-state index contributed by atoms with van der Waals surface area (Å²) in [5.41, 5.74) is 4.01. The highest BCUT2D eigenvalue weighted by molar-refractivity contribution is 6.07. The Morgan fingerprint density at radius 2 is 1.88 bits per heavy atom. The van der Waals surface area contributed by atoms with Crippen LogP contribution in [0.15, 0.2) is 42.5 Å². The van der Waals surface area contributed by atoms with Crippen molar-refractivity contribution >= 4 is 29.3 Å². The van der Waals surface area contributed by atoms with E-state index in [2.05, 4.69) is 28.1 Å². The molecule has 4 amide bonds. The van der Waals surface area contributed by atoms with Crippen molar-refractivity contribution in [3.63, 3.8) is 0 Å². The quantitative estimate of drug-likeness (QED) is 0.609. The fourth-order valence-electron chi connectivity index (χ4n) is 4.97. The highest BCUT2D eigenvalue weighted by Gasteiger charge is 2.40. The molecule has 0 aliphatic carbocycles. The van der Waals surface area contributed by atoms with Crippen LogP contribution in [0.4, 0.5) is 5.69 Å². The molecule has 5 rings (SSSR count). The number of nitrogens with one attached hydrogen (secondary N) is 3. The van der Waals surface area contributed by atoms with Gasteiger partial charge in [-0.2, -0.15) is 0 Å². The zero-order valence-corrected chi connectivity index (χ0v) is 18.2. The number of aryl methyl sites for hydroxylation is 1. The summed E-state index contributed by atoms with van der Waals surface area (Å²) in [7, 11) is 0. The molecule has 0 radical (unpaired) electrons. The minimum absolute atomic E-state index is 0.186. The molecule has 3 heterocycles. The van der Waals surface area contributed by atoms with E-state index < -0.39 is 11.9 Å². The first-order chi connectivity index (χ1) is 16.0. The van der Waals surface area contributed by atoms with Crippen molar-refractivity contribution in [3.05, 3.63) is 64.7 Å². The standard InChI is InChI=1S/C25H26N4O4/c30-22-11-10-21(24(32)28-22)29-14-19-17(5-3-6-18(19)25(29)33)23(31)26-13-12-16-9-8-15-4-1-2-7-20(15)27-16/h1-7,16,21,27H,8-14H2,(H,26,31)(H,28,30,32). The van der Waals surface area contributed by atoms with Gasteiger partial charge in [0.25, 0.3) is 11.8 Å². The maximum atomic E-state index is 13.0. The van der Waals surface area contributed by atoms with Crippen LogP contribution >= 0.6 is 0 Å². The molecule has 2 aromatic rings. The molecule has 170 valence electrons. The predicted molar refractivity (Wildman–Crippen MR) is 122 cm³/mol. The van der Waals surface area contributed by atoms with Crippen LogP contribution in [0.1, 0.15) is 57.5 Å². The van der Waals surface area contributed by atoms with Crippen LogP contribution in [0.5, 0.6) is 0 Å². The van der Waals surface area contributed by atoms with Crippen molar-refractivity contribution in [2.24, 2.45) is 0 Å². The van der Waals surface area contributed by atoms with Gasteiger partial charge in [-0.05, 0) is 55.0 Å². The summed E-state index contributed by atoms with van der Waals surface area (Å²) in [6.45, 7) is 0.706. The lowest BCUT2D eigenvalue weighted by Crippen LogP contribution is -2.52. The molecule has 3 aliphatic rings. The lowest BCUT2D eigenvalue weighted by atomic mass is 9.96. The van der Waals surface area contributed by atoms with E-state index in [4.69, 9.17) is 0 Å². The lowest BCUT2D eigenvalue weighted by molar-refractivity contribution is -0.136. The van der Waals surface area contributed by atoms with Crippen LogP contribution in [0.3, 0.4) is 0 Å². The Bertz CT molecular complexity index is 1140. The minimum Gasteiger partial charge on any atom is -0.382 e. The Labute approximate surface area is 191 Å². The summed E-state index contributed by atoms with van der Waals surface area (Å²) >= 11 is 0. The van der Waals surface area contributed by atoms with Crippen LogP contribution < -0.4 is 16.0 Å². The van der Waals surface area contributed by atoms with Crippen LogP contribution in [0.2, 0.25) is 0 Å². The summed E-state index contributed by atoms with van der Waals surface area (Å²) in [5, 5.41) is 8.83. The number of anilines is 1. The van der Waals surface area contributed by atoms with Crippen LogP contribution in [0, 0.1) is 0 Å². The van der Waals surface area contributed by atoms with Crippen LogP contribution in [-0.4, -0.2) is 47.2 Å². The van der Waals surface area contributed by atoms with E-state index in [1.807, 2.05) is 12.1 Å². The van der Waals surface area contributed by atoms with Crippen molar-refractivity contribution in [3.8, 4) is 0 Å². The van der Waals surface area contributed by atoms with Crippen molar-refractivity contribution in [2.75, 3.05) is 11.9 Å². The van der Waals surface area contributed by atoms with E-state index in [0.29, 0.717) is 35.7 Å². The fraction of sp³-hybridized carbons (Fsp3) is 0.360. The molecule has 33 heavy (non-hydrogen) atoms. The third-order valence-corrected chi connectivity index (χ3v) is 6.74. The summed E-state index contributed by atoms with van der Waals surface area (Å²) in [4.78, 5) is 51.1. The van der Waals surface area contributed by atoms with Gasteiger partial charge in [-0.15, -0.1) is 0 Å². The predicted octanol–water partition coefficient (Wildman–Crippen LogP) is 1.99. The van der Waals surface area contributed by atoms with E-state index in [1.165, 1.54) is 10.5 Å². The Kier molecular flexibility index (Phi) is 5.58. The van der Waals surface area contributed by atoms with Gasteiger partial charge in [-0.25, -0.2) is 0 Å². The molecule has 3 N–H and O–H groups in total. The second kappa shape index (κ2) is 8.69. The lowest BCUT2D eigenvalue weighted by Gasteiger charge is -2.29. The Hall–Kier alpha value is -3.68. The van der Waals surface area contributed by atoms with Gasteiger partial charge in [0.05, 0.1) is 0 Å². The van der Waals surface area contributed by atoms with E-state index in [9.17, 15) is 19.2 Å². The van der Waals surface area contributed by atoms with E-state index in [0.717, 1.165) is 24.9 Å². The number of carbonyl (C=O) groups is 4. The summed E-state index contributed by atoms with van der Waals surface area (Å²) in [6.07, 6.45) is 3.33. The number of piperidine rings is 1. The van der Waals surface area contributed by atoms with Gasteiger partial charge >= 0.3 is 0 Å². The first-order valence-corrected chi connectivity index (χ1v) is 11.4. The molecular weight excluding hydrogens is 420 g/mol. The number of benzene rings is 2. The zero-order chi connectivity index (χ0) is 22.9. The zero-order valence-electron chi connectivity index (χ0n) is 18.2. The van der Waals surface area contributed by atoms with E-state index in [-0.39, 0.29) is 30.7 Å². The maximum absolute atomic E-state index is 13.0. The van der Waals surface area contributed by atoms with Crippen molar-refractivity contribution in [1.29, 1.82) is 0 Å². The van der Waals surface area contributed by atoms with Crippen LogP contribution in [-0.2, 0) is 22.6 Å². The number of amides is 4. The second-order valence-corrected chi connectivity index (χ2v) is 8.81. The number of fused-ring (bicyclic) bond motifs is 2. The molecule has 0 aromatic heterocycles.